The van der Waals surface area contributed by atoms with Crippen LogP contribution in [0.2, 0.25) is 5.02 Å². The second-order valence-corrected chi connectivity index (χ2v) is 17.0. The molecule has 2 radical (unpaired) electrons. The molecule has 0 N–H and O–H groups in total. The molecule has 5 rings (SSSR count). The van der Waals surface area contributed by atoms with E-state index in [-0.39, 0.29) is 16.2 Å². The molecule has 0 nitrogen and oxygen atoms in total. The number of halogens is 2. The minimum absolute atomic E-state index is 0.0864. The van der Waals surface area contributed by atoms with E-state index in [2.05, 4.69) is 141 Å². The van der Waals surface area contributed by atoms with E-state index in [0.717, 1.165) is 56.5 Å². The van der Waals surface area contributed by atoms with Gasteiger partial charge in [0.15, 0.2) is 0 Å². The van der Waals surface area contributed by atoms with Crippen LogP contribution >= 0.6 is 27.5 Å². The van der Waals surface area contributed by atoms with Gasteiger partial charge in [-0.3, -0.25) is 0 Å². The monoisotopic (exact) mass is 664 g/mol. The maximum atomic E-state index is 6.99. The van der Waals surface area contributed by atoms with E-state index in [9.17, 15) is 0 Å². The summed E-state index contributed by atoms with van der Waals surface area (Å²) in [6.45, 7) is 25.2. The van der Waals surface area contributed by atoms with Gasteiger partial charge in [0.05, 0.1) is 0 Å². The molecule has 0 fully saturated rings. The SMILES string of the molecule is [B]c1cc2c(cc1-c1cc(-c3cc(CC(C)(C)C)ccc3Cl)cc(-c3c(C)c(C)c(C)c(C)c3Br)c1)C(C)(C)CCC2(C)C. The predicted octanol–water partition coefficient (Wildman–Crippen LogP) is 12.1. The first-order valence-corrected chi connectivity index (χ1v) is 17.1. The topological polar surface area (TPSA) is 0 Å². The van der Waals surface area contributed by atoms with Crippen molar-refractivity contribution in [3.05, 3.63) is 97.0 Å². The summed E-state index contributed by atoms with van der Waals surface area (Å²) in [6.07, 6.45) is 3.30. The summed E-state index contributed by atoms with van der Waals surface area (Å²) < 4.78 is 1.15. The lowest BCUT2D eigenvalue weighted by molar-refractivity contribution is 0.332. The summed E-state index contributed by atoms with van der Waals surface area (Å²) in [5, 5.41) is 0.763. The molecule has 0 aromatic heterocycles. The third-order valence-electron chi connectivity index (χ3n) is 10.2. The van der Waals surface area contributed by atoms with Crippen molar-refractivity contribution in [3.63, 3.8) is 0 Å². The standard InChI is InChI=1S/C41H47BBrCl/c1-23-24(2)26(4)38(43)37(25(23)3)30-18-28(17-29(19-30)32-16-27(12-13-36(32)44)22-39(5,6)7)31-20-33-34(21-35(31)42)41(10,11)15-14-40(33,8)9/h12-13,16-21H,14-15,22H2,1-11H3. The molecule has 4 aromatic rings. The van der Waals surface area contributed by atoms with E-state index in [1.54, 1.807) is 0 Å². The Balaban J connectivity index is 1.83. The molecule has 0 saturated heterocycles. The highest BCUT2D eigenvalue weighted by Gasteiger charge is 2.37. The summed E-state index contributed by atoms with van der Waals surface area (Å²) in [4.78, 5) is 0. The van der Waals surface area contributed by atoms with Gasteiger partial charge in [-0.15, -0.1) is 0 Å². The Labute approximate surface area is 281 Å². The number of hydrogen-bond acceptors (Lipinski definition) is 0. The smallest absolute Gasteiger partial charge is 0.0887 e. The lowest BCUT2D eigenvalue weighted by Gasteiger charge is -2.42. The van der Waals surface area contributed by atoms with Gasteiger partial charge >= 0.3 is 0 Å². The Kier molecular flexibility index (Phi) is 8.65. The quantitative estimate of drug-likeness (QED) is 0.190. The molecule has 0 saturated carbocycles. The molecule has 44 heavy (non-hydrogen) atoms. The Morgan fingerprint density at radius 2 is 1.23 bits per heavy atom. The summed E-state index contributed by atoms with van der Waals surface area (Å²) in [5.74, 6) is 0. The Bertz CT molecular complexity index is 1750. The third-order valence-corrected chi connectivity index (χ3v) is 11.6. The normalized spacial score (nSPS) is 15.8. The fraction of sp³-hybridized carbons (Fsp3) is 0.415. The van der Waals surface area contributed by atoms with Crippen LogP contribution in [0.1, 0.15) is 100 Å². The average molecular weight is 666 g/mol. The largest absolute Gasteiger partial charge is 0.114 e. The first-order valence-electron chi connectivity index (χ1n) is 16.0. The number of fused-ring (bicyclic) bond motifs is 1. The zero-order valence-electron chi connectivity index (χ0n) is 28.6. The van der Waals surface area contributed by atoms with Crippen LogP contribution < -0.4 is 5.46 Å². The molecule has 0 aliphatic heterocycles. The fourth-order valence-electron chi connectivity index (χ4n) is 7.09. The predicted molar refractivity (Wildman–Crippen MR) is 198 cm³/mol. The summed E-state index contributed by atoms with van der Waals surface area (Å²) in [5.41, 5.74) is 17.3. The van der Waals surface area contributed by atoms with Gasteiger partial charge in [0.2, 0.25) is 0 Å². The first kappa shape index (κ1) is 33.1. The van der Waals surface area contributed by atoms with Gasteiger partial charge in [0.25, 0.3) is 0 Å². The molecule has 0 atom stereocenters. The molecule has 0 bridgehead atoms. The molecule has 0 unspecified atom stereocenters. The van der Waals surface area contributed by atoms with Gasteiger partial charge in [-0.05, 0) is 176 Å². The highest BCUT2D eigenvalue weighted by molar-refractivity contribution is 9.10. The van der Waals surface area contributed by atoms with Crippen LogP contribution in [-0.4, -0.2) is 7.85 Å². The van der Waals surface area contributed by atoms with Crippen LogP contribution in [0.3, 0.4) is 0 Å². The first-order chi connectivity index (χ1) is 20.3. The summed E-state index contributed by atoms with van der Waals surface area (Å²) in [6, 6.07) is 18.1. The molecule has 228 valence electrons. The molecule has 1 aliphatic carbocycles. The Morgan fingerprint density at radius 1 is 0.705 bits per heavy atom. The molecular formula is C41H47BBrCl. The van der Waals surface area contributed by atoms with Crippen LogP contribution in [0.5, 0.6) is 0 Å². The van der Waals surface area contributed by atoms with Crippen molar-refractivity contribution in [2.24, 2.45) is 5.41 Å². The number of benzene rings is 4. The van der Waals surface area contributed by atoms with Crippen molar-refractivity contribution in [2.75, 3.05) is 0 Å². The van der Waals surface area contributed by atoms with Crippen LogP contribution in [0.15, 0.2) is 53.0 Å². The number of rotatable bonds is 4. The zero-order valence-corrected chi connectivity index (χ0v) is 30.9. The van der Waals surface area contributed by atoms with Gasteiger partial charge in [-0.1, -0.05) is 83.7 Å². The molecule has 0 amide bonds. The molecular weight excluding hydrogens is 619 g/mol. The summed E-state index contributed by atoms with van der Waals surface area (Å²) >= 11 is 11.0. The minimum atomic E-state index is 0.0864. The van der Waals surface area contributed by atoms with Crippen molar-refractivity contribution >= 4 is 40.8 Å². The van der Waals surface area contributed by atoms with E-state index in [4.69, 9.17) is 19.4 Å². The third kappa shape index (κ3) is 6.11. The van der Waals surface area contributed by atoms with Gasteiger partial charge in [-0.2, -0.15) is 0 Å². The lowest BCUT2D eigenvalue weighted by atomic mass is 9.61. The van der Waals surface area contributed by atoms with Crippen LogP contribution in [0.4, 0.5) is 0 Å². The van der Waals surface area contributed by atoms with Gasteiger partial charge < -0.3 is 0 Å². The molecule has 1 aliphatic rings. The maximum Gasteiger partial charge on any atom is 0.114 e. The van der Waals surface area contributed by atoms with Crippen molar-refractivity contribution in [1.82, 2.24) is 0 Å². The van der Waals surface area contributed by atoms with Crippen LogP contribution in [0, 0.1) is 33.1 Å². The van der Waals surface area contributed by atoms with Crippen molar-refractivity contribution in [3.8, 4) is 33.4 Å². The van der Waals surface area contributed by atoms with E-state index in [0.29, 0.717) is 0 Å². The molecule has 4 aromatic carbocycles. The number of hydrogen-bond donors (Lipinski definition) is 0. The fourth-order valence-corrected chi connectivity index (χ4v) is 8.14. The van der Waals surface area contributed by atoms with Gasteiger partial charge in [-0.25, -0.2) is 0 Å². The van der Waals surface area contributed by atoms with Crippen molar-refractivity contribution in [1.29, 1.82) is 0 Å². The van der Waals surface area contributed by atoms with Crippen molar-refractivity contribution in [2.45, 2.75) is 106 Å². The Morgan fingerprint density at radius 3 is 1.82 bits per heavy atom. The second kappa shape index (κ2) is 11.5. The second-order valence-electron chi connectivity index (χ2n) is 15.8. The van der Waals surface area contributed by atoms with Gasteiger partial charge in [0, 0.05) is 15.1 Å². The molecule has 0 heterocycles. The zero-order chi connectivity index (χ0) is 32.5. The minimum Gasteiger partial charge on any atom is -0.0887 e. The van der Waals surface area contributed by atoms with E-state index >= 15 is 0 Å². The van der Waals surface area contributed by atoms with E-state index < -0.39 is 0 Å². The van der Waals surface area contributed by atoms with Gasteiger partial charge in [0.1, 0.15) is 7.85 Å². The van der Waals surface area contributed by atoms with Crippen LogP contribution in [0.25, 0.3) is 33.4 Å². The maximum absolute atomic E-state index is 6.99. The average Bonchev–Trinajstić information content (AvgIpc) is 2.93. The lowest BCUT2D eigenvalue weighted by Crippen LogP contribution is -2.35. The summed E-state index contributed by atoms with van der Waals surface area (Å²) in [7, 11) is 6.98. The molecule has 3 heteroatoms. The van der Waals surface area contributed by atoms with E-state index in [1.165, 1.54) is 50.1 Å². The van der Waals surface area contributed by atoms with Crippen molar-refractivity contribution < 1.29 is 0 Å². The molecule has 0 spiro atoms. The highest BCUT2D eigenvalue weighted by atomic mass is 79.9. The highest BCUT2D eigenvalue weighted by Crippen LogP contribution is 2.47. The Hall–Kier alpha value is -2.29. The van der Waals surface area contributed by atoms with Crippen LogP contribution in [-0.2, 0) is 17.3 Å². The van der Waals surface area contributed by atoms with E-state index in [1.807, 2.05) is 0 Å².